The summed E-state index contributed by atoms with van der Waals surface area (Å²) in [4.78, 5) is 23.9. The van der Waals surface area contributed by atoms with Gasteiger partial charge >= 0.3 is 5.97 Å². The van der Waals surface area contributed by atoms with Crippen LogP contribution in [0.2, 0.25) is 0 Å². The van der Waals surface area contributed by atoms with Gasteiger partial charge in [-0.25, -0.2) is 4.79 Å². The molecular formula is C11H21NO3S. The Bertz CT molecular complexity index is 233. The number of aliphatic carboxylic acids is 1. The van der Waals surface area contributed by atoms with Crippen LogP contribution < -0.4 is 0 Å². The van der Waals surface area contributed by atoms with E-state index in [1.165, 1.54) is 11.8 Å². The quantitative estimate of drug-likeness (QED) is 0.665. The summed E-state index contributed by atoms with van der Waals surface area (Å²) in [6.45, 7) is 3.89. The van der Waals surface area contributed by atoms with Gasteiger partial charge in [-0.3, -0.25) is 4.79 Å². The first-order valence-corrected chi connectivity index (χ1v) is 6.92. The summed E-state index contributed by atoms with van der Waals surface area (Å²) in [5, 5.41) is 9.12. The number of amides is 1. The van der Waals surface area contributed by atoms with Gasteiger partial charge in [-0.15, -0.1) is 0 Å². The SMILES string of the molecule is CCCN(C(C)=O)C(CCCSC)C(=O)O. The van der Waals surface area contributed by atoms with Crippen molar-refractivity contribution < 1.29 is 14.7 Å². The van der Waals surface area contributed by atoms with Crippen LogP contribution in [0.3, 0.4) is 0 Å². The van der Waals surface area contributed by atoms with Gasteiger partial charge in [0, 0.05) is 13.5 Å². The van der Waals surface area contributed by atoms with Crippen LogP contribution in [0.1, 0.15) is 33.1 Å². The van der Waals surface area contributed by atoms with Gasteiger partial charge in [0.1, 0.15) is 6.04 Å². The van der Waals surface area contributed by atoms with E-state index in [0.717, 1.165) is 18.6 Å². The summed E-state index contributed by atoms with van der Waals surface area (Å²) < 4.78 is 0. The van der Waals surface area contributed by atoms with Gasteiger partial charge in [-0.1, -0.05) is 6.92 Å². The van der Waals surface area contributed by atoms with E-state index in [9.17, 15) is 9.59 Å². The summed E-state index contributed by atoms with van der Waals surface area (Å²) in [6, 6.07) is -0.662. The second-order valence-corrected chi connectivity index (χ2v) is 4.69. The maximum atomic E-state index is 11.4. The molecule has 4 nitrogen and oxygen atoms in total. The van der Waals surface area contributed by atoms with Crippen LogP contribution in [0.25, 0.3) is 0 Å². The Hall–Kier alpha value is -0.710. The Morgan fingerprint density at radius 3 is 2.44 bits per heavy atom. The molecule has 0 radical (unpaired) electrons. The number of hydrogen-bond donors (Lipinski definition) is 1. The highest BCUT2D eigenvalue weighted by atomic mass is 32.2. The molecule has 0 aliphatic rings. The fraction of sp³-hybridized carbons (Fsp3) is 0.818. The summed E-state index contributed by atoms with van der Waals surface area (Å²) in [5.74, 6) is -0.120. The number of rotatable bonds is 8. The molecule has 0 fully saturated rings. The Balaban J connectivity index is 4.45. The highest BCUT2D eigenvalue weighted by Crippen LogP contribution is 2.11. The third kappa shape index (κ3) is 5.39. The maximum absolute atomic E-state index is 11.4. The van der Waals surface area contributed by atoms with E-state index in [1.54, 1.807) is 11.8 Å². The first-order chi connectivity index (χ1) is 7.54. The molecule has 0 bridgehead atoms. The van der Waals surface area contributed by atoms with Crippen molar-refractivity contribution in [1.82, 2.24) is 4.90 Å². The lowest BCUT2D eigenvalue weighted by atomic mass is 10.1. The molecule has 0 spiro atoms. The van der Waals surface area contributed by atoms with Crippen molar-refractivity contribution in [3.8, 4) is 0 Å². The molecular weight excluding hydrogens is 226 g/mol. The minimum atomic E-state index is -0.898. The third-order valence-corrected chi connectivity index (χ3v) is 3.05. The Morgan fingerprint density at radius 1 is 1.44 bits per heavy atom. The van der Waals surface area contributed by atoms with E-state index >= 15 is 0 Å². The second-order valence-electron chi connectivity index (χ2n) is 3.70. The van der Waals surface area contributed by atoms with Crippen LogP contribution in [-0.4, -0.2) is 46.5 Å². The molecule has 0 rings (SSSR count). The Morgan fingerprint density at radius 2 is 2.06 bits per heavy atom. The van der Waals surface area contributed by atoms with Gasteiger partial charge < -0.3 is 10.0 Å². The zero-order chi connectivity index (χ0) is 12.6. The number of carboxylic acid groups (broad SMARTS) is 1. The molecule has 0 heterocycles. The van der Waals surface area contributed by atoms with Crippen molar-refractivity contribution in [3.63, 3.8) is 0 Å². The van der Waals surface area contributed by atoms with Gasteiger partial charge in [0.05, 0.1) is 0 Å². The molecule has 94 valence electrons. The van der Waals surface area contributed by atoms with E-state index in [-0.39, 0.29) is 5.91 Å². The molecule has 5 heteroatoms. The molecule has 0 aliphatic carbocycles. The fourth-order valence-electron chi connectivity index (χ4n) is 1.61. The van der Waals surface area contributed by atoms with E-state index in [0.29, 0.717) is 13.0 Å². The lowest BCUT2D eigenvalue weighted by Crippen LogP contribution is -2.44. The Labute approximate surface area is 101 Å². The molecule has 1 amide bonds. The van der Waals surface area contributed by atoms with Gasteiger partial charge in [-0.05, 0) is 31.3 Å². The van der Waals surface area contributed by atoms with E-state index in [1.807, 2.05) is 13.2 Å². The third-order valence-electron chi connectivity index (χ3n) is 2.36. The lowest BCUT2D eigenvalue weighted by molar-refractivity contribution is -0.149. The molecule has 1 N–H and O–H groups in total. The predicted octanol–water partition coefficient (Wildman–Crippen LogP) is 1.84. The second kappa shape index (κ2) is 8.44. The maximum Gasteiger partial charge on any atom is 0.326 e. The molecule has 16 heavy (non-hydrogen) atoms. The summed E-state index contributed by atoms with van der Waals surface area (Å²) >= 11 is 1.69. The van der Waals surface area contributed by atoms with Crippen LogP contribution in [0.4, 0.5) is 0 Å². The molecule has 0 aromatic carbocycles. The number of carbonyl (C=O) groups excluding carboxylic acids is 1. The van der Waals surface area contributed by atoms with Crippen LogP contribution >= 0.6 is 11.8 Å². The topological polar surface area (TPSA) is 57.6 Å². The summed E-state index contributed by atoms with van der Waals surface area (Å²) in [7, 11) is 0. The van der Waals surface area contributed by atoms with Crippen molar-refractivity contribution >= 4 is 23.6 Å². The number of carboxylic acids is 1. The van der Waals surface area contributed by atoms with Crippen molar-refractivity contribution in [2.45, 2.75) is 39.2 Å². The summed E-state index contributed by atoms with van der Waals surface area (Å²) in [6.07, 6.45) is 4.14. The van der Waals surface area contributed by atoms with Crippen LogP contribution in [0.5, 0.6) is 0 Å². The largest absolute Gasteiger partial charge is 0.480 e. The molecule has 0 saturated carbocycles. The van der Waals surface area contributed by atoms with Crippen molar-refractivity contribution in [2.24, 2.45) is 0 Å². The average Bonchev–Trinajstić information content (AvgIpc) is 2.21. The molecule has 0 aliphatic heterocycles. The molecule has 0 aromatic heterocycles. The lowest BCUT2D eigenvalue weighted by Gasteiger charge is -2.27. The van der Waals surface area contributed by atoms with E-state index in [2.05, 4.69) is 0 Å². The highest BCUT2D eigenvalue weighted by molar-refractivity contribution is 7.98. The van der Waals surface area contributed by atoms with Crippen LogP contribution in [0, 0.1) is 0 Å². The molecule has 1 atom stereocenters. The fourth-order valence-corrected chi connectivity index (χ4v) is 2.06. The number of hydrogen-bond acceptors (Lipinski definition) is 3. The molecule has 0 aromatic rings. The monoisotopic (exact) mass is 247 g/mol. The standard InChI is InChI=1S/C11H21NO3S/c1-4-7-12(9(2)13)10(11(14)15)6-5-8-16-3/h10H,4-8H2,1-3H3,(H,14,15). The average molecular weight is 247 g/mol. The van der Waals surface area contributed by atoms with Crippen molar-refractivity contribution in [2.75, 3.05) is 18.6 Å². The van der Waals surface area contributed by atoms with E-state index < -0.39 is 12.0 Å². The minimum Gasteiger partial charge on any atom is -0.480 e. The predicted molar refractivity (Wildman–Crippen MR) is 66.7 cm³/mol. The van der Waals surface area contributed by atoms with E-state index in [4.69, 9.17) is 5.11 Å². The van der Waals surface area contributed by atoms with Gasteiger partial charge in [0.2, 0.25) is 5.91 Å². The first-order valence-electron chi connectivity index (χ1n) is 5.53. The highest BCUT2D eigenvalue weighted by Gasteiger charge is 2.26. The number of thioether (sulfide) groups is 1. The van der Waals surface area contributed by atoms with Gasteiger partial charge in [0.15, 0.2) is 0 Å². The zero-order valence-corrected chi connectivity index (χ0v) is 11.0. The molecule has 1 unspecified atom stereocenters. The zero-order valence-electron chi connectivity index (χ0n) is 10.2. The van der Waals surface area contributed by atoms with Gasteiger partial charge in [-0.2, -0.15) is 11.8 Å². The van der Waals surface area contributed by atoms with Crippen molar-refractivity contribution in [3.05, 3.63) is 0 Å². The number of nitrogens with zero attached hydrogens (tertiary/aromatic N) is 1. The minimum absolute atomic E-state index is 0.154. The number of carbonyl (C=O) groups is 2. The smallest absolute Gasteiger partial charge is 0.326 e. The van der Waals surface area contributed by atoms with Crippen molar-refractivity contribution in [1.29, 1.82) is 0 Å². The normalized spacial score (nSPS) is 12.2. The summed E-state index contributed by atoms with van der Waals surface area (Å²) in [5.41, 5.74) is 0. The first kappa shape index (κ1) is 15.3. The van der Waals surface area contributed by atoms with Crippen LogP contribution in [-0.2, 0) is 9.59 Å². The van der Waals surface area contributed by atoms with Crippen LogP contribution in [0.15, 0.2) is 0 Å². The van der Waals surface area contributed by atoms with Gasteiger partial charge in [0.25, 0.3) is 0 Å². The Kier molecular flexibility index (Phi) is 8.07. The molecule has 0 saturated heterocycles.